The second kappa shape index (κ2) is 2.90. The Morgan fingerprint density at radius 3 is 2.33 bits per heavy atom. The Balaban J connectivity index is 3.14. The summed E-state index contributed by atoms with van der Waals surface area (Å²) >= 11 is 0. The van der Waals surface area contributed by atoms with Gasteiger partial charge in [0.2, 0.25) is 0 Å². The first-order chi connectivity index (χ1) is 5.41. The number of aryl methyl sites for hydroxylation is 1. The van der Waals surface area contributed by atoms with Gasteiger partial charge in [0.1, 0.15) is 5.75 Å². The van der Waals surface area contributed by atoms with E-state index in [2.05, 4.69) is 24.6 Å². The Morgan fingerprint density at radius 1 is 1.33 bits per heavy atom. The summed E-state index contributed by atoms with van der Waals surface area (Å²) in [6.45, 7) is 8.51. The van der Waals surface area contributed by atoms with Gasteiger partial charge in [-0.15, -0.1) is 0 Å². The minimum Gasteiger partial charge on any atom is -0.506 e. The molecule has 12 heavy (non-hydrogen) atoms. The summed E-state index contributed by atoms with van der Waals surface area (Å²) in [7, 11) is -1.31. The molecule has 0 saturated carbocycles. The van der Waals surface area contributed by atoms with E-state index < -0.39 is 8.07 Å². The van der Waals surface area contributed by atoms with E-state index in [-0.39, 0.29) is 0 Å². The number of rotatable bonds is 1. The number of hydrogen-bond acceptors (Lipinski definition) is 2. The summed E-state index contributed by atoms with van der Waals surface area (Å²) < 4.78 is 0. The minimum atomic E-state index is -1.31. The van der Waals surface area contributed by atoms with E-state index >= 15 is 0 Å². The predicted molar refractivity (Wildman–Crippen MR) is 53.6 cm³/mol. The third-order valence-corrected chi connectivity index (χ3v) is 3.93. The summed E-state index contributed by atoms with van der Waals surface area (Å²) in [6, 6.07) is 1.84. The minimum absolute atomic E-state index is 0.315. The largest absolute Gasteiger partial charge is 0.506 e. The van der Waals surface area contributed by atoms with Gasteiger partial charge in [-0.2, -0.15) is 0 Å². The van der Waals surface area contributed by atoms with Crippen LogP contribution < -0.4 is 5.19 Å². The van der Waals surface area contributed by atoms with Gasteiger partial charge in [-0.3, -0.25) is 4.98 Å². The molecule has 0 spiro atoms. The van der Waals surface area contributed by atoms with Gasteiger partial charge >= 0.3 is 0 Å². The molecule has 0 saturated heterocycles. The van der Waals surface area contributed by atoms with Gasteiger partial charge in [0.25, 0.3) is 0 Å². The van der Waals surface area contributed by atoms with Crippen LogP contribution in [0, 0.1) is 6.92 Å². The standard InChI is InChI=1S/C9H15NOSi/c1-7-9(11)5-8(6-10-7)12(2,3)4/h5-6,11H,1-4H3. The Hall–Kier alpha value is -0.833. The topological polar surface area (TPSA) is 33.1 Å². The van der Waals surface area contributed by atoms with Crippen LogP contribution in [0.5, 0.6) is 5.75 Å². The molecule has 0 fully saturated rings. The molecular weight excluding hydrogens is 166 g/mol. The maximum absolute atomic E-state index is 9.42. The van der Waals surface area contributed by atoms with Crippen LogP contribution in [-0.4, -0.2) is 18.2 Å². The van der Waals surface area contributed by atoms with E-state index in [1.165, 1.54) is 5.19 Å². The number of nitrogens with zero attached hydrogens (tertiary/aromatic N) is 1. The van der Waals surface area contributed by atoms with Gasteiger partial charge in [0.05, 0.1) is 13.8 Å². The van der Waals surface area contributed by atoms with Gasteiger partial charge in [0, 0.05) is 6.20 Å². The molecule has 0 aliphatic carbocycles. The molecule has 66 valence electrons. The van der Waals surface area contributed by atoms with E-state index in [0.29, 0.717) is 11.4 Å². The highest BCUT2D eigenvalue weighted by molar-refractivity contribution is 6.88. The molecule has 0 radical (unpaired) electrons. The molecule has 1 rings (SSSR count). The van der Waals surface area contributed by atoms with Crippen molar-refractivity contribution in [3.8, 4) is 5.75 Å². The lowest BCUT2D eigenvalue weighted by Crippen LogP contribution is -2.37. The van der Waals surface area contributed by atoms with Crippen LogP contribution in [0.4, 0.5) is 0 Å². The Bertz CT molecular complexity index is 291. The lowest BCUT2D eigenvalue weighted by molar-refractivity contribution is 0.468. The number of pyridine rings is 1. The van der Waals surface area contributed by atoms with Crippen molar-refractivity contribution >= 4 is 13.3 Å². The Labute approximate surface area is 74.3 Å². The van der Waals surface area contributed by atoms with Gasteiger partial charge in [-0.25, -0.2) is 0 Å². The molecule has 1 N–H and O–H groups in total. The van der Waals surface area contributed by atoms with Crippen molar-refractivity contribution in [1.29, 1.82) is 0 Å². The zero-order chi connectivity index (χ0) is 9.35. The van der Waals surface area contributed by atoms with Crippen LogP contribution >= 0.6 is 0 Å². The normalized spacial score (nSPS) is 11.7. The Kier molecular flexibility index (Phi) is 2.24. The van der Waals surface area contributed by atoms with Crippen molar-refractivity contribution in [3.05, 3.63) is 18.0 Å². The molecule has 1 aromatic rings. The van der Waals surface area contributed by atoms with Gasteiger partial charge in [0.15, 0.2) is 0 Å². The SMILES string of the molecule is Cc1ncc([Si](C)(C)C)cc1O. The summed E-state index contributed by atoms with van der Waals surface area (Å²) in [6.07, 6.45) is 1.88. The zero-order valence-corrected chi connectivity index (χ0v) is 9.05. The van der Waals surface area contributed by atoms with E-state index in [0.717, 1.165) is 0 Å². The quantitative estimate of drug-likeness (QED) is 0.668. The first-order valence-corrected chi connectivity index (χ1v) is 7.57. The van der Waals surface area contributed by atoms with Gasteiger partial charge in [-0.05, 0) is 18.2 Å². The summed E-state index contributed by atoms with van der Waals surface area (Å²) in [5.41, 5.74) is 0.706. The molecule has 0 aromatic carbocycles. The molecule has 1 heterocycles. The fourth-order valence-electron chi connectivity index (χ4n) is 0.932. The van der Waals surface area contributed by atoms with Crippen molar-refractivity contribution in [1.82, 2.24) is 4.98 Å². The summed E-state index contributed by atoms with van der Waals surface area (Å²) in [5.74, 6) is 0.315. The maximum atomic E-state index is 9.42. The molecule has 0 aliphatic heterocycles. The zero-order valence-electron chi connectivity index (χ0n) is 8.05. The lowest BCUT2D eigenvalue weighted by atomic mass is 10.3. The van der Waals surface area contributed by atoms with E-state index in [1.54, 1.807) is 0 Å². The van der Waals surface area contributed by atoms with E-state index in [1.807, 2.05) is 19.2 Å². The molecule has 0 atom stereocenters. The number of hydrogen-bond donors (Lipinski definition) is 1. The molecule has 0 bridgehead atoms. The van der Waals surface area contributed by atoms with E-state index in [9.17, 15) is 5.11 Å². The lowest BCUT2D eigenvalue weighted by Gasteiger charge is -2.16. The summed E-state index contributed by atoms with van der Waals surface area (Å²) in [4.78, 5) is 4.13. The average molecular weight is 181 g/mol. The van der Waals surface area contributed by atoms with Crippen molar-refractivity contribution < 1.29 is 5.11 Å². The first kappa shape index (κ1) is 9.26. The highest BCUT2D eigenvalue weighted by atomic mass is 28.3. The second-order valence-electron chi connectivity index (χ2n) is 4.08. The van der Waals surface area contributed by atoms with Crippen LogP contribution in [0.15, 0.2) is 12.3 Å². The van der Waals surface area contributed by atoms with Crippen LogP contribution in [0.3, 0.4) is 0 Å². The van der Waals surface area contributed by atoms with E-state index in [4.69, 9.17) is 0 Å². The van der Waals surface area contributed by atoms with Crippen molar-refractivity contribution in [2.24, 2.45) is 0 Å². The van der Waals surface area contributed by atoms with Crippen LogP contribution in [0.25, 0.3) is 0 Å². The van der Waals surface area contributed by atoms with Gasteiger partial charge < -0.3 is 5.11 Å². The fraction of sp³-hybridized carbons (Fsp3) is 0.444. The molecule has 3 heteroatoms. The molecule has 1 aromatic heterocycles. The highest BCUT2D eigenvalue weighted by Crippen LogP contribution is 2.12. The number of aromatic nitrogens is 1. The number of aromatic hydroxyl groups is 1. The highest BCUT2D eigenvalue weighted by Gasteiger charge is 2.17. The van der Waals surface area contributed by atoms with Crippen molar-refractivity contribution in [2.45, 2.75) is 26.6 Å². The third-order valence-electron chi connectivity index (χ3n) is 1.93. The summed E-state index contributed by atoms with van der Waals surface area (Å²) in [5, 5.41) is 10.6. The molecule has 0 aliphatic rings. The van der Waals surface area contributed by atoms with Crippen LogP contribution in [0.1, 0.15) is 5.69 Å². The second-order valence-corrected chi connectivity index (χ2v) is 9.16. The van der Waals surface area contributed by atoms with Crippen molar-refractivity contribution in [2.75, 3.05) is 0 Å². The van der Waals surface area contributed by atoms with Crippen LogP contribution in [-0.2, 0) is 0 Å². The molecule has 0 unspecified atom stereocenters. The smallest absolute Gasteiger partial charge is 0.136 e. The van der Waals surface area contributed by atoms with Gasteiger partial charge in [-0.1, -0.05) is 19.6 Å². The molecule has 0 amide bonds. The third kappa shape index (κ3) is 1.85. The van der Waals surface area contributed by atoms with Crippen LogP contribution in [0.2, 0.25) is 19.6 Å². The maximum Gasteiger partial charge on any atom is 0.136 e. The monoisotopic (exact) mass is 181 g/mol. The Morgan fingerprint density at radius 2 is 1.92 bits per heavy atom. The fourth-order valence-corrected chi connectivity index (χ4v) is 1.95. The average Bonchev–Trinajstić information content (AvgIpc) is 1.92. The predicted octanol–water partition coefficient (Wildman–Crippen LogP) is 1.64. The molecule has 2 nitrogen and oxygen atoms in total. The molecular formula is C9H15NOSi. The first-order valence-electron chi connectivity index (χ1n) is 4.07. The van der Waals surface area contributed by atoms with Crippen molar-refractivity contribution in [3.63, 3.8) is 0 Å².